The van der Waals surface area contributed by atoms with E-state index in [0.29, 0.717) is 0 Å². The van der Waals surface area contributed by atoms with Gasteiger partial charge in [-0.15, -0.1) is 0 Å². The van der Waals surface area contributed by atoms with Gasteiger partial charge in [-0.05, 0) is 125 Å². The zero-order valence-corrected chi connectivity index (χ0v) is 30.5. The van der Waals surface area contributed by atoms with Crippen LogP contribution >= 0.6 is 0 Å². The molecule has 0 bridgehead atoms. The van der Waals surface area contributed by atoms with E-state index in [1.807, 2.05) is 30.6 Å². The first-order valence-electron chi connectivity index (χ1n) is 19.0. The van der Waals surface area contributed by atoms with E-state index in [9.17, 15) is 0 Å². The number of hydrogen-bond acceptors (Lipinski definition) is 3. The van der Waals surface area contributed by atoms with Gasteiger partial charge >= 0.3 is 0 Å². The molecular formula is C51H35N5. The third kappa shape index (κ3) is 5.24. The van der Waals surface area contributed by atoms with Crippen molar-refractivity contribution in [3.63, 3.8) is 0 Å². The lowest BCUT2D eigenvalue weighted by Crippen LogP contribution is -2.14. The van der Waals surface area contributed by atoms with Gasteiger partial charge in [0.1, 0.15) is 0 Å². The molecule has 6 aromatic carbocycles. The Morgan fingerprint density at radius 3 is 2.04 bits per heavy atom. The number of nitrogens with zero attached hydrogens (tertiary/aromatic N) is 4. The summed E-state index contributed by atoms with van der Waals surface area (Å²) in [6, 6.07) is 58.8. The Morgan fingerprint density at radius 2 is 1.18 bits per heavy atom. The largest absolute Gasteiger partial charge is 0.381 e. The molecule has 1 aliphatic heterocycles. The molecule has 1 aliphatic rings. The van der Waals surface area contributed by atoms with E-state index in [0.717, 1.165) is 73.5 Å². The molecule has 0 fully saturated rings. The van der Waals surface area contributed by atoms with Gasteiger partial charge in [0, 0.05) is 57.7 Å². The minimum atomic E-state index is 0.814. The quantitative estimate of drug-likeness (QED) is 0.186. The van der Waals surface area contributed by atoms with Crippen LogP contribution in [0.3, 0.4) is 0 Å². The summed E-state index contributed by atoms with van der Waals surface area (Å²) in [7, 11) is 0. The summed E-state index contributed by atoms with van der Waals surface area (Å²) in [5.41, 5.74) is 16.8. The number of rotatable bonds is 6. The second-order valence-corrected chi connectivity index (χ2v) is 14.3. The van der Waals surface area contributed by atoms with Crippen LogP contribution in [0.1, 0.15) is 5.56 Å². The van der Waals surface area contributed by atoms with Crippen molar-refractivity contribution >= 4 is 49.4 Å². The van der Waals surface area contributed by atoms with E-state index < -0.39 is 0 Å². The maximum atomic E-state index is 4.89. The summed E-state index contributed by atoms with van der Waals surface area (Å²) in [6.07, 6.45) is 10.1. The fourth-order valence-electron chi connectivity index (χ4n) is 8.49. The summed E-state index contributed by atoms with van der Waals surface area (Å²) in [5.74, 6) is 0. The number of aromatic nitrogens is 4. The Kier molecular flexibility index (Phi) is 7.49. The van der Waals surface area contributed by atoms with Gasteiger partial charge in [-0.2, -0.15) is 0 Å². The van der Waals surface area contributed by atoms with E-state index in [-0.39, 0.29) is 0 Å². The molecular weight excluding hydrogens is 683 g/mol. The first kappa shape index (κ1) is 32.0. The highest BCUT2D eigenvalue weighted by Crippen LogP contribution is 2.41. The highest BCUT2D eigenvalue weighted by atomic mass is 15.0. The van der Waals surface area contributed by atoms with Gasteiger partial charge in [-0.25, -0.2) is 0 Å². The van der Waals surface area contributed by atoms with E-state index in [2.05, 4.69) is 183 Å². The molecule has 0 spiro atoms. The summed E-state index contributed by atoms with van der Waals surface area (Å²) >= 11 is 0. The first-order chi connectivity index (χ1) is 27.8. The van der Waals surface area contributed by atoms with Crippen LogP contribution in [-0.4, -0.2) is 25.6 Å². The second kappa shape index (κ2) is 13.1. The zero-order valence-electron chi connectivity index (χ0n) is 30.5. The molecule has 56 heavy (non-hydrogen) atoms. The molecule has 5 heterocycles. The van der Waals surface area contributed by atoms with Crippen molar-refractivity contribution in [1.82, 2.24) is 24.4 Å². The van der Waals surface area contributed by atoms with Gasteiger partial charge in [-0.3, -0.25) is 9.97 Å². The highest BCUT2D eigenvalue weighted by molar-refractivity contribution is 6.17. The van der Waals surface area contributed by atoms with E-state index in [1.54, 1.807) is 0 Å². The predicted molar refractivity (Wildman–Crippen MR) is 232 cm³/mol. The summed E-state index contributed by atoms with van der Waals surface area (Å²) < 4.78 is 4.72. The number of hydrogen-bond donors (Lipinski definition) is 1. The van der Waals surface area contributed by atoms with Crippen molar-refractivity contribution in [3.05, 3.63) is 200 Å². The lowest BCUT2D eigenvalue weighted by Gasteiger charge is -2.16. The van der Waals surface area contributed by atoms with Crippen LogP contribution in [0.15, 0.2) is 194 Å². The van der Waals surface area contributed by atoms with E-state index in [1.165, 1.54) is 32.9 Å². The van der Waals surface area contributed by atoms with Crippen molar-refractivity contribution in [3.8, 4) is 44.9 Å². The monoisotopic (exact) mass is 717 g/mol. The highest BCUT2D eigenvalue weighted by Gasteiger charge is 2.19. The molecule has 5 heteroatoms. The Bertz CT molecular complexity index is 3170. The number of benzene rings is 6. The fourth-order valence-corrected chi connectivity index (χ4v) is 8.49. The van der Waals surface area contributed by atoms with Crippen molar-refractivity contribution < 1.29 is 0 Å². The molecule has 4 aromatic heterocycles. The molecule has 264 valence electrons. The number of allylic oxidation sites excluding steroid dienone is 2. The number of fused-ring (bicyclic) bond motifs is 6. The Morgan fingerprint density at radius 1 is 0.464 bits per heavy atom. The molecule has 10 aromatic rings. The molecule has 1 N–H and O–H groups in total. The maximum Gasteiger partial charge on any atom is 0.0963 e. The minimum absolute atomic E-state index is 0.814. The number of pyridine rings is 2. The van der Waals surface area contributed by atoms with Crippen molar-refractivity contribution in [1.29, 1.82) is 0 Å². The average molecular weight is 718 g/mol. The smallest absolute Gasteiger partial charge is 0.0963 e. The van der Waals surface area contributed by atoms with Gasteiger partial charge in [0.05, 0.1) is 33.3 Å². The molecule has 0 saturated carbocycles. The molecule has 0 atom stereocenters. The average Bonchev–Trinajstić information content (AvgIpc) is 3.80. The van der Waals surface area contributed by atoms with Crippen LogP contribution in [0.25, 0.3) is 94.3 Å². The Balaban J connectivity index is 1.04. The number of para-hydroxylation sites is 2. The van der Waals surface area contributed by atoms with Crippen LogP contribution in [0.2, 0.25) is 0 Å². The van der Waals surface area contributed by atoms with E-state index >= 15 is 0 Å². The molecule has 0 saturated heterocycles. The zero-order chi connectivity index (χ0) is 37.0. The lowest BCUT2D eigenvalue weighted by molar-refractivity contribution is 0.996. The SMILES string of the molecule is C1=CCNC(c2cc(-c3ccc(-n4c5ccccc5c5c(-c6ccc7c(c6)c6ncccc6n7-c6ccccc6)cccc54)cc3)cc(-c3ccccn3)c2)=C1. The van der Waals surface area contributed by atoms with Gasteiger partial charge in [0.15, 0.2) is 0 Å². The topological polar surface area (TPSA) is 47.7 Å². The fraction of sp³-hybridized carbons (Fsp3) is 0.0196. The molecule has 0 unspecified atom stereocenters. The van der Waals surface area contributed by atoms with Crippen LogP contribution in [0, 0.1) is 0 Å². The van der Waals surface area contributed by atoms with Gasteiger partial charge in [0.2, 0.25) is 0 Å². The third-order valence-corrected chi connectivity index (χ3v) is 11.0. The van der Waals surface area contributed by atoms with Crippen molar-refractivity contribution in [2.75, 3.05) is 6.54 Å². The minimum Gasteiger partial charge on any atom is -0.381 e. The van der Waals surface area contributed by atoms with Gasteiger partial charge in [0.25, 0.3) is 0 Å². The van der Waals surface area contributed by atoms with Crippen LogP contribution in [0.4, 0.5) is 0 Å². The van der Waals surface area contributed by atoms with E-state index in [4.69, 9.17) is 4.98 Å². The lowest BCUT2D eigenvalue weighted by atomic mass is 9.96. The van der Waals surface area contributed by atoms with Crippen molar-refractivity contribution in [2.45, 2.75) is 0 Å². The van der Waals surface area contributed by atoms with Gasteiger partial charge < -0.3 is 14.5 Å². The standard InChI is InChI=1S/C51H35N5/c1-2-12-39(13-3-1)56-47-26-23-35(33-43(47)51-49(56)20-11-29-54-51)41-15-10-19-48-50(41)42-14-4-5-18-46(42)55(48)40-24-21-34(22-25-40)36-30-37(44-16-6-8-27-52-44)32-38(31-36)45-17-7-9-28-53-45/h1-27,29-33,53H,28H2. The molecule has 11 rings (SSSR count). The predicted octanol–water partition coefficient (Wildman–Crippen LogP) is 12.2. The maximum absolute atomic E-state index is 4.89. The normalized spacial score (nSPS) is 12.8. The Hall–Kier alpha value is -7.50. The van der Waals surface area contributed by atoms with Crippen LogP contribution in [-0.2, 0) is 0 Å². The summed E-state index contributed by atoms with van der Waals surface area (Å²) in [4.78, 5) is 9.57. The van der Waals surface area contributed by atoms with Crippen molar-refractivity contribution in [2.24, 2.45) is 0 Å². The van der Waals surface area contributed by atoms with Crippen LogP contribution < -0.4 is 5.32 Å². The molecule has 0 aliphatic carbocycles. The summed E-state index contributed by atoms with van der Waals surface area (Å²) in [5, 5.41) is 7.14. The molecule has 0 radical (unpaired) electrons. The number of nitrogens with one attached hydrogen (secondary N) is 1. The first-order valence-corrected chi connectivity index (χ1v) is 19.0. The molecule has 5 nitrogen and oxygen atoms in total. The number of dihydropyridines is 1. The van der Waals surface area contributed by atoms with Crippen LogP contribution in [0.5, 0.6) is 0 Å². The van der Waals surface area contributed by atoms with Gasteiger partial charge in [-0.1, -0.05) is 84.9 Å². The Labute approximate surface area is 324 Å². The summed E-state index contributed by atoms with van der Waals surface area (Å²) in [6.45, 7) is 0.814. The second-order valence-electron chi connectivity index (χ2n) is 14.3. The molecule has 0 amide bonds. The third-order valence-electron chi connectivity index (χ3n) is 11.0.